The first-order valence-electron chi connectivity index (χ1n) is 4.85. The largest absolute Gasteiger partial charge is 0.480 e. The molecule has 0 aromatic carbocycles. The number of aliphatic carboxylic acids is 1. The van der Waals surface area contributed by atoms with Crippen molar-refractivity contribution in [2.75, 3.05) is 13.2 Å². The van der Waals surface area contributed by atoms with Gasteiger partial charge in [-0.25, -0.2) is 9.59 Å². The summed E-state index contributed by atoms with van der Waals surface area (Å²) in [5.74, 6) is 0.976. The molecule has 0 aliphatic carbocycles. The van der Waals surface area contributed by atoms with Crippen LogP contribution in [0.25, 0.3) is 0 Å². The van der Waals surface area contributed by atoms with Crippen LogP contribution in [0, 0.1) is 12.3 Å². The summed E-state index contributed by atoms with van der Waals surface area (Å²) in [4.78, 5) is 22.0. The minimum absolute atomic E-state index is 0.00222. The van der Waals surface area contributed by atoms with Gasteiger partial charge in [0.2, 0.25) is 0 Å². The van der Waals surface area contributed by atoms with Crippen molar-refractivity contribution < 1.29 is 24.2 Å². The maximum atomic E-state index is 11.2. The molecule has 1 amide bonds. The predicted octanol–water partition coefficient (Wildman–Crippen LogP) is 0.390. The van der Waals surface area contributed by atoms with Gasteiger partial charge >= 0.3 is 12.1 Å². The third-order valence-electron chi connectivity index (χ3n) is 1.77. The van der Waals surface area contributed by atoms with Crippen molar-refractivity contribution in [2.24, 2.45) is 0 Å². The molecular formula is C11H15NO5. The number of ether oxygens (including phenoxy) is 2. The van der Waals surface area contributed by atoms with E-state index in [0.717, 1.165) is 0 Å². The summed E-state index contributed by atoms with van der Waals surface area (Å²) in [5.41, 5.74) is 0. The number of rotatable bonds is 7. The molecule has 2 atom stereocenters. The number of carbonyl (C=O) groups excluding carboxylic acids is 1. The number of nitrogens with one attached hydrogen (secondary N) is 1. The summed E-state index contributed by atoms with van der Waals surface area (Å²) in [7, 11) is 0. The minimum Gasteiger partial charge on any atom is -0.480 e. The maximum Gasteiger partial charge on any atom is 0.408 e. The summed E-state index contributed by atoms with van der Waals surface area (Å²) in [6.07, 6.45) is 4.73. The van der Waals surface area contributed by atoms with Crippen molar-refractivity contribution in [3.63, 3.8) is 0 Å². The van der Waals surface area contributed by atoms with Crippen LogP contribution >= 0.6 is 0 Å². The molecule has 0 aromatic heterocycles. The van der Waals surface area contributed by atoms with E-state index in [1.807, 2.05) is 0 Å². The van der Waals surface area contributed by atoms with E-state index >= 15 is 0 Å². The monoisotopic (exact) mass is 241 g/mol. The number of amides is 1. The van der Waals surface area contributed by atoms with Crippen LogP contribution in [0.4, 0.5) is 4.79 Å². The normalized spacial score (nSPS) is 12.9. The first-order chi connectivity index (χ1) is 8.02. The average molecular weight is 241 g/mol. The zero-order valence-corrected chi connectivity index (χ0v) is 9.51. The lowest BCUT2D eigenvalue weighted by Crippen LogP contribution is -2.48. The van der Waals surface area contributed by atoms with Crippen LogP contribution in [0.5, 0.6) is 0 Å². The maximum absolute atomic E-state index is 11.2. The molecule has 1 unspecified atom stereocenters. The Bertz CT molecular complexity index is 320. The topological polar surface area (TPSA) is 84.9 Å². The Labute approximate surface area is 99.6 Å². The molecule has 0 aromatic rings. The summed E-state index contributed by atoms with van der Waals surface area (Å²) in [6.45, 7) is 4.81. The van der Waals surface area contributed by atoms with Crippen LogP contribution in [-0.4, -0.2) is 42.5 Å². The molecular weight excluding hydrogens is 226 g/mol. The molecule has 17 heavy (non-hydrogen) atoms. The number of terminal acetylenes is 1. The fourth-order valence-electron chi connectivity index (χ4n) is 0.959. The highest BCUT2D eigenvalue weighted by Gasteiger charge is 2.27. The molecule has 94 valence electrons. The van der Waals surface area contributed by atoms with Gasteiger partial charge in [-0.1, -0.05) is 18.6 Å². The predicted molar refractivity (Wildman–Crippen MR) is 60.4 cm³/mol. The molecule has 0 bridgehead atoms. The summed E-state index contributed by atoms with van der Waals surface area (Å²) < 4.78 is 9.61. The van der Waals surface area contributed by atoms with Crippen molar-refractivity contribution in [3.05, 3.63) is 12.7 Å². The fourth-order valence-corrected chi connectivity index (χ4v) is 0.959. The van der Waals surface area contributed by atoms with Gasteiger partial charge in [0, 0.05) is 0 Å². The van der Waals surface area contributed by atoms with Crippen molar-refractivity contribution in [2.45, 2.75) is 19.1 Å². The Balaban J connectivity index is 4.33. The third kappa shape index (κ3) is 6.22. The molecule has 0 radical (unpaired) electrons. The van der Waals surface area contributed by atoms with Crippen LogP contribution in [0.2, 0.25) is 0 Å². The number of carboxylic acids is 1. The quantitative estimate of drug-likeness (QED) is 0.497. The minimum atomic E-state index is -1.23. The zero-order valence-electron chi connectivity index (χ0n) is 9.51. The Morgan fingerprint density at radius 3 is 2.76 bits per heavy atom. The van der Waals surface area contributed by atoms with Crippen molar-refractivity contribution in [1.82, 2.24) is 5.32 Å². The highest BCUT2D eigenvalue weighted by Crippen LogP contribution is 2.00. The molecule has 6 nitrogen and oxygen atoms in total. The van der Waals surface area contributed by atoms with Crippen molar-refractivity contribution >= 4 is 12.1 Å². The molecule has 0 spiro atoms. The van der Waals surface area contributed by atoms with E-state index in [0.29, 0.717) is 0 Å². The number of carboxylic acid groups (broad SMARTS) is 1. The van der Waals surface area contributed by atoms with Gasteiger partial charge in [0.05, 0.1) is 6.10 Å². The molecule has 0 aliphatic rings. The lowest BCUT2D eigenvalue weighted by atomic mass is 10.2. The molecule has 0 aliphatic heterocycles. The average Bonchev–Trinajstić information content (AvgIpc) is 2.29. The highest BCUT2D eigenvalue weighted by atomic mass is 16.5. The Morgan fingerprint density at radius 1 is 1.65 bits per heavy atom. The van der Waals surface area contributed by atoms with Gasteiger partial charge in [0.1, 0.15) is 13.2 Å². The van der Waals surface area contributed by atoms with E-state index in [-0.39, 0.29) is 13.2 Å². The van der Waals surface area contributed by atoms with Crippen molar-refractivity contribution in [1.29, 1.82) is 0 Å². The third-order valence-corrected chi connectivity index (χ3v) is 1.77. The number of carbonyl (C=O) groups is 2. The number of hydrogen-bond donors (Lipinski definition) is 2. The van der Waals surface area contributed by atoms with E-state index in [2.05, 4.69) is 22.6 Å². The lowest BCUT2D eigenvalue weighted by Gasteiger charge is -2.20. The van der Waals surface area contributed by atoms with Crippen LogP contribution in [0.1, 0.15) is 6.92 Å². The second-order valence-corrected chi connectivity index (χ2v) is 3.07. The zero-order chi connectivity index (χ0) is 13.3. The van der Waals surface area contributed by atoms with Crippen LogP contribution in [-0.2, 0) is 14.3 Å². The second-order valence-electron chi connectivity index (χ2n) is 3.07. The molecule has 2 N–H and O–H groups in total. The lowest BCUT2D eigenvalue weighted by molar-refractivity contribution is -0.142. The van der Waals surface area contributed by atoms with E-state index < -0.39 is 24.2 Å². The Hall–Kier alpha value is -2.00. The standard InChI is InChI=1S/C11H15NO5/c1-4-6-16-8(3)9(10(13)14)12-11(15)17-7-5-2/h1,5,8-9H,2,6-7H2,3H3,(H,12,15)(H,13,14)/t8-,9?/m1/s1. The number of hydrogen-bond acceptors (Lipinski definition) is 4. The van der Waals surface area contributed by atoms with Gasteiger partial charge < -0.3 is 19.9 Å². The summed E-state index contributed by atoms with van der Waals surface area (Å²) in [6, 6.07) is -1.22. The Morgan fingerprint density at radius 2 is 2.29 bits per heavy atom. The highest BCUT2D eigenvalue weighted by molar-refractivity contribution is 5.80. The molecule has 0 saturated carbocycles. The van der Waals surface area contributed by atoms with E-state index in [1.54, 1.807) is 0 Å². The molecule has 6 heteroatoms. The van der Waals surface area contributed by atoms with Crippen LogP contribution in [0.15, 0.2) is 12.7 Å². The van der Waals surface area contributed by atoms with E-state index in [9.17, 15) is 9.59 Å². The molecule has 0 saturated heterocycles. The first kappa shape index (κ1) is 15.0. The first-order valence-corrected chi connectivity index (χ1v) is 4.85. The molecule has 0 rings (SSSR count). The fraction of sp³-hybridized carbons (Fsp3) is 0.455. The molecule has 0 fully saturated rings. The summed E-state index contributed by atoms with van der Waals surface area (Å²) >= 11 is 0. The number of alkyl carbamates (subject to hydrolysis) is 1. The molecule has 0 heterocycles. The second kappa shape index (κ2) is 8.19. The van der Waals surface area contributed by atoms with Gasteiger partial charge in [-0.15, -0.1) is 6.42 Å². The Kier molecular flexibility index (Phi) is 7.22. The van der Waals surface area contributed by atoms with Gasteiger partial charge in [0.25, 0.3) is 0 Å². The van der Waals surface area contributed by atoms with Gasteiger partial charge in [-0.05, 0) is 6.92 Å². The smallest absolute Gasteiger partial charge is 0.408 e. The van der Waals surface area contributed by atoms with Gasteiger partial charge in [0.15, 0.2) is 6.04 Å². The van der Waals surface area contributed by atoms with Crippen LogP contribution in [0.3, 0.4) is 0 Å². The van der Waals surface area contributed by atoms with Crippen LogP contribution < -0.4 is 5.32 Å². The van der Waals surface area contributed by atoms with Gasteiger partial charge in [-0.2, -0.15) is 0 Å². The van der Waals surface area contributed by atoms with E-state index in [4.69, 9.17) is 16.3 Å². The SMILES string of the molecule is C#CCO[C@H](C)C(NC(=O)OCC=C)C(=O)O. The van der Waals surface area contributed by atoms with Crippen molar-refractivity contribution in [3.8, 4) is 12.3 Å². The summed E-state index contributed by atoms with van der Waals surface area (Å²) in [5, 5.41) is 11.1. The van der Waals surface area contributed by atoms with E-state index in [1.165, 1.54) is 13.0 Å². The van der Waals surface area contributed by atoms with Gasteiger partial charge in [-0.3, -0.25) is 0 Å².